The van der Waals surface area contributed by atoms with Gasteiger partial charge in [-0.25, -0.2) is 0 Å². The topological polar surface area (TPSA) is 24.0 Å². The summed E-state index contributed by atoms with van der Waals surface area (Å²) < 4.78 is 9.48. The maximum atomic E-state index is 6.92. The Morgan fingerprint density at radius 3 is 1.38 bits per heavy atom. The Bertz CT molecular complexity index is 4100. The Kier molecular flexibility index (Phi) is 10.3. The molecule has 0 amide bonds. The van der Waals surface area contributed by atoms with Crippen LogP contribution in [0.1, 0.15) is 48.6 Å². The molecule has 0 atom stereocenters. The molecule has 0 fully saturated rings. The zero-order valence-electron chi connectivity index (χ0n) is 44.3. The molecule has 0 unspecified atom stereocenters. The van der Waals surface area contributed by atoms with Gasteiger partial charge in [0.2, 0.25) is 0 Å². The maximum absolute atomic E-state index is 6.92. The SMILES string of the molecule is Cc1cc(C)cc(N(c2ccc([Si](C)(C)C)cc2)c2ccc3c(c2)oc2ccc4cc5c6cc(C(C)(C)C)cc7c8ccc(N(c9ccc([Si](C)(C)C)cc9)c9cc(C)cc(C)c9)cc8n(c5cc4c23)c76)c1. The molecule has 72 heavy (non-hydrogen) atoms. The fourth-order valence-corrected chi connectivity index (χ4v) is 13.9. The first-order valence-electron chi connectivity index (χ1n) is 25.7. The first-order valence-corrected chi connectivity index (χ1v) is 32.7. The lowest BCUT2D eigenvalue weighted by atomic mass is 9.85. The van der Waals surface area contributed by atoms with Crippen LogP contribution in [0.25, 0.3) is 70.8 Å². The van der Waals surface area contributed by atoms with E-state index in [0.717, 1.165) is 50.4 Å². The number of fused-ring (bicyclic) bond motifs is 11. The molecule has 12 rings (SSSR count). The van der Waals surface area contributed by atoms with E-state index in [4.69, 9.17) is 4.42 Å². The van der Waals surface area contributed by atoms with Crippen LogP contribution in [-0.2, 0) is 5.41 Å². The van der Waals surface area contributed by atoms with E-state index in [2.05, 4.69) is 260 Å². The summed E-state index contributed by atoms with van der Waals surface area (Å²) in [6.07, 6.45) is 0. The molecule has 0 radical (unpaired) electrons. The summed E-state index contributed by atoms with van der Waals surface area (Å²) in [7, 11) is -2.98. The molecule has 3 heterocycles. The Balaban J connectivity index is 1.09. The van der Waals surface area contributed by atoms with Gasteiger partial charge in [0.1, 0.15) is 11.2 Å². The van der Waals surface area contributed by atoms with E-state index in [1.54, 1.807) is 0 Å². The van der Waals surface area contributed by atoms with E-state index in [-0.39, 0.29) is 5.41 Å². The number of nitrogens with zero attached hydrogens (tertiary/aromatic N) is 3. The van der Waals surface area contributed by atoms with Crippen LogP contribution in [0.3, 0.4) is 0 Å². The molecular formula is C66H65N3OSi2. The van der Waals surface area contributed by atoms with Crippen molar-refractivity contribution in [3.63, 3.8) is 0 Å². The summed E-state index contributed by atoms with van der Waals surface area (Å²) in [6.45, 7) is 30.3. The zero-order chi connectivity index (χ0) is 50.3. The van der Waals surface area contributed by atoms with Gasteiger partial charge in [-0.05, 0) is 175 Å². The lowest BCUT2D eigenvalue weighted by Gasteiger charge is -2.27. The van der Waals surface area contributed by atoms with Crippen LogP contribution in [0, 0.1) is 27.7 Å². The van der Waals surface area contributed by atoms with Crippen LogP contribution < -0.4 is 20.2 Å². The average Bonchev–Trinajstić information content (AvgIpc) is 3.96. The van der Waals surface area contributed by atoms with Crippen molar-refractivity contribution in [1.82, 2.24) is 4.40 Å². The molecule has 0 spiro atoms. The highest BCUT2D eigenvalue weighted by molar-refractivity contribution is 6.89. The third kappa shape index (κ3) is 7.61. The lowest BCUT2D eigenvalue weighted by molar-refractivity contribution is 0.592. The number of rotatable bonds is 8. The quantitative estimate of drug-likeness (QED) is 0.142. The predicted molar refractivity (Wildman–Crippen MR) is 319 cm³/mol. The Morgan fingerprint density at radius 1 is 0.389 bits per heavy atom. The second-order valence-corrected chi connectivity index (χ2v) is 34.1. The summed E-state index contributed by atoms with van der Waals surface area (Å²) in [5.74, 6) is 0. The molecule has 0 saturated carbocycles. The number of aromatic nitrogens is 1. The Hall–Kier alpha value is -7.13. The van der Waals surface area contributed by atoms with Gasteiger partial charge in [0, 0.05) is 72.5 Å². The fraction of sp³-hybridized carbons (Fsp3) is 0.212. The predicted octanol–water partition coefficient (Wildman–Crippen LogP) is 18.5. The van der Waals surface area contributed by atoms with Crippen molar-refractivity contribution in [3.05, 3.63) is 186 Å². The average molecular weight is 972 g/mol. The van der Waals surface area contributed by atoms with Crippen LogP contribution in [0.2, 0.25) is 39.3 Å². The second-order valence-electron chi connectivity index (χ2n) is 24.0. The van der Waals surface area contributed by atoms with E-state index in [1.165, 1.54) is 92.7 Å². The van der Waals surface area contributed by atoms with Crippen molar-refractivity contribution in [2.24, 2.45) is 0 Å². The molecule has 6 heteroatoms. The van der Waals surface area contributed by atoms with Gasteiger partial charge in [0.05, 0.1) is 32.7 Å². The van der Waals surface area contributed by atoms with Crippen molar-refractivity contribution >= 4 is 131 Å². The molecule has 3 aromatic heterocycles. The second kappa shape index (κ2) is 16.2. The third-order valence-electron chi connectivity index (χ3n) is 15.2. The number of anilines is 6. The maximum Gasteiger partial charge on any atom is 0.137 e. The number of hydrogen-bond acceptors (Lipinski definition) is 3. The van der Waals surface area contributed by atoms with Crippen LogP contribution in [0.4, 0.5) is 34.1 Å². The van der Waals surface area contributed by atoms with Gasteiger partial charge in [-0.15, -0.1) is 0 Å². The highest BCUT2D eigenvalue weighted by atomic mass is 28.3. The summed E-state index contributed by atoms with van der Waals surface area (Å²) in [5.41, 5.74) is 18.6. The smallest absolute Gasteiger partial charge is 0.137 e. The Morgan fingerprint density at radius 2 is 0.861 bits per heavy atom. The normalized spacial score (nSPS) is 12.8. The molecule has 0 aliphatic rings. The van der Waals surface area contributed by atoms with Crippen LogP contribution in [-0.4, -0.2) is 20.5 Å². The zero-order valence-corrected chi connectivity index (χ0v) is 46.3. The standard InChI is InChI=1S/C66H65N3OSi2/c1-40-28-41(2)31-50(30-40)67(46-15-21-52(22-16-46)71(8,9)10)48-19-25-54-58-35-45(66(5,6)7)36-59-57-34-44-14-27-62-64(56(44)39-61(57)69(65(58)59)60(54)37-48)55-26-20-49(38-63(55)70-62)68(51-32-42(3)29-43(4)33-51)47-17-23-53(24-18-47)72(11,12)13/h14-39H,1-13H3. The van der Waals surface area contributed by atoms with Gasteiger partial charge < -0.3 is 18.6 Å². The minimum atomic E-state index is -1.50. The van der Waals surface area contributed by atoms with E-state index < -0.39 is 16.1 Å². The third-order valence-corrected chi connectivity index (χ3v) is 19.4. The first kappa shape index (κ1) is 46.0. The minimum Gasteiger partial charge on any atom is -0.456 e. The summed E-state index contributed by atoms with van der Waals surface area (Å²) >= 11 is 0. The van der Waals surface area contributed by atoms with Crippen molar-refractivity contribution in [2.75, 3.05) is 9.80 Å². The molecule has 0 aliphatic heterocycles. The molecule has 358 valence electrons. The van der Waals surface area contributed by atoms with E-state index in [1.807, 2.05) is 0 Å². The van der Waals surface area contributed by atoms with E-state index in [9.17, 15) is 0 Å². The van der Waals surface area contributed by atoms with Gasteiger partial charge >= 0.3 is 0 Å². The summed E-state index contributed by atoms with van der Waals surface area (Å²) in [6, 6.07) is 60.6. The van der Waals surface area contributed by atoms with Crippen LogP contribution >= 0.6 is 0 Å². The van der Waals surface area contributed by atoms with Gasteiger partial charge in [-0.3, -0.25) is 0 Å². The van der Waals surface area contributed by atoms with Crippen molar-refractivity contribution < 1.29 is 4.42 Å². The molecule has 0 aliphatic carbocycles. The summed E-state index contributed by atoms with van der Waals surface area (Å²) in [4.78, 5) is 4.84. The largest absolute Gasteiger partial charge is 0.456 e. The number of furan rings is 1. The van der Waals surface area contributed by atoms with Gasteiger partial charge in [-0.2, -0.15) is 0 Å². The molecular weight excluding hydrogens is 907 g/mol. The van der Waals surface area contributed by atoms with E-state index >= 15 is 0 Å². The number of hydrogen-bond donors (Lipinski definition) is 0. The van der Waals surface area contributed by atoms with Crippen LogP contribution in [0.5, 0.6) is 0 Å². The molecule has 9 aromatic carbocycles. The highest BCUT2D eigenvalue weighted by Gasteiger charge is 2.26. The highest BCUT2D eigenvalue weighted by Crippen LogP contribution is 2.47. The van der Waals surface area contributed by atoms with Crippen LogP contribution in [0.15, 0.2) is 162 Å². The summed E-state index contributed by atoms with van der Waals surface area (Å²) in [5, 5.41) is 12.7. The minimum absolute atomic E-state index is 0.0353. The van der Waals surface area contributed by atoms with Gasteiger partial charge in [0.25, 0.3) is 0 Å². The molecule has 4 nitrogen and oxygen atoms in total. The molecule has 12 aromatic rings. The van der Waals surface area contributed by atoms with Crippen molar-refractivity contribution in [2.45, 2.75) is 93.2 Å². The van der Waals surface area contributed by atoms with Gasteiger partial charge in [0.15, 0.2) is 0 Å². The number of aryl methyl sites for hydroxylation is 4. The monoisotopic (exact) mass is 971 g/mol. The van der Waals surface area contributed by atoms with Gasteiger partial charge in [-0.1, -0.05) is 119 Å². The molecule has 0 bridgehead atoms. The number of benzene rings is 9. The fourth-order valence-electron chi connectivity index (χ4n) is 11.6. The van der Waals surface area contributed by atoms with E-state index in [0.29, 0.717) is 0 Å². The molecule has 0 N–H and O–H groups in total. The first-order chi connectivity index (χ1) is 34.2. The lowest BCUT2D eigenvalue weighted by Crippen LogP contribution is -2.37. The molecule has 0 saturated heterocycles. The van der Waals surface area contributed by atoms with Crippen molar-refractivity contribution in [1.29, 1.82) is 0 Å². The van der Waals surface area contributed by atoms with Crippen molar-refractivity contribution in [3.8, 4) is 0 Å². The Labute approximate surface area is 426 Å².